The summed E-state index contributed by atoms with van der Waals surface area (Å²) in [5, 5.41) is 2.98. The van der Waals surface area contributed by atoms with Gasteiger partial charge in [-0.05, 0) is 31.7 Å². The summed E-state index contributed by atoms with van der Waals surface area (Å²) in [7, 11) is 2.05. The predicted octanol–water partition coefficient (Wildman–Crippen LogP) is 3.11. The summed E-state index contributed by atoms with van der Waals surface area (Å²) in [5.41, 5.74) is 2.76. The van der Waals surface area contributed by atoms with Gasteiger partial charge in [-0.2, -0.15) is 0 Å². The van der Waals surface area contributed by atoms with E-state index in [1.807, 2.05) is 56.4 Å². The van der Waals surface area contributed by atoms with Crippen LogP contribution in [0.2, 0.25) is 0 Å². The number of benzene rings is 2. The molecule has 0 saturated heterocycles. The minimum atomic E-state index is -0.0874. The number of carbonyl (C=O) groups excluding carboxylic acids is 1. The highest BCUT2D eigenvalue weighted by atomic mass is 16.5. The van der Waals surface area contributed by atoms with Crippen LogP contribution in [-0.4, -0.2) is 44.2 Å². The molecule has 1 amide bonds. The number of hydrogen-bond acceptors (Lipinski definition) is 4. The van der Waals surface area contributed by atoms with E-state index in [2.05, 4.69) is 22.3 Å². The van der Waals surface area contributed by atoms with Crippen molar-refractivity contribution >= 4 is 12.0 Å². The third kappa shape index (κ3) is 5.11. The van der Waals surface area contributed by atoms with Crippen molar-refractivity contribution in [2.75, 3.05) is 33.4 Å². The molecule has 0 bridgehead atoms. The Balaban J connectivity index is 1.52. The van der Waals surface area contributed by atoms with Crippen molar-refractivity contribution in [1.82, 2.24) is 10.2 Å². The van der Waals surface area contributed by atoms with Crippen LogP contribution in [0, 0.1) is 0 Å². The van der Waals surface area contributed by atoms with Gasteiger partial charge in [-0.3, -0.25) is 4.79 Å². The zero-order chi connectivity index (χ0) is 19.1. The molecule has 0 radical (unpaired) electrons. The van der Waals surface area contributed by atoms with Crippen LogP contribution in [0.1, 0.15) is 18.1 Å². The Morgan fingerprint density at radius 3 is 2.78 bits per heavy atom. The average molecular weight is 366 g/mol. The van der Waals surface area contributed by atoms with Gasteiger partial charge in [-0.1, -0.05) is 42.5 Å². The van der Waals surface area contributed by atoms with E-state index >= 15 is 0 Å². The standard InChI is InChI=1S/C22H26N2O3/c1-3-26-20-11-7-10-18-14-19(16-27-21(18)20)22(25)23-12-13-24(2)15-17-8-5-4-6-9-17/h4-11,14H,3,12-13,15-16H2,1-2H3,(H,23,25). The number of hydrogen-bond donors (Lipinski definition) is 1. The number of amides is 1. The van der Waals surface area contributed by atoms with E-state index < -0.39 is 0 Å². The predicted molar refractivity (Wildman–Crippen MR) is 107 cm³/mol. The second-order valence-corrected chi connectivity index (χ2v) is 6.55. The third-order valence-electron chi connectivity index (χ3n) is 4.38. The number of para-hydroxylation sites is 1. The molecule has 1 aliphatic heterocycles. The topological polar surface area (TPSA) is 50.8 Å². The number of likely N-dealkylation sites (N-methyl/N-ethyl adjacent to an activating group) is 1. The van der Waals surface area contributed by atoms with E-state index in [4.69, 9.17) is 9.47 Å². The molecule has 0 atom stereocenters. The summed E-state index contributed by atoms with van der Waals surface area (Å²) in [6, 6.07) is 16.0. The van der Waals surface area contributed by atoms with E-state index in [9.17, 15) is 4.79 Å². The quantitative estimate of drug-likeness (QED) is 0.780. The summed E-state index contributed by atoms with van der Waals surface area (Å²) in [5.74, 6) is 1.34. The van der Waals surface area contributed by atoms with Gasteiger partial charge in [0.2, 0.25) is 0 Å². The molecule has 1 aliphatic rings. The summed E-state index contributed by atoms with van der Waals surface area (Å²) in [4.78, 5) is 14.6. The molecule has 0 saturated carbocycles. The van der Waals surface area contributed by atoms with Crippen molar-refractivity contribution in [2.45, 2.75) is 13.5 Å². The van der Waals surface area contributed by atoms with Crippen molar-refractivity contribution in [3.05, 3.63) is 65.2 Å². The monoisotopic (exact) mass is 366 g/mol. The highest BCUT2D eigenvalue weighted by Gasteiger charge is 2.20. The molecule has 27 heavy (non-hydrogen) atoms. The number of nitrogens with zero attached hydrogens (tertiary/aromatic N) is 1. The molecule has 0 spiro atoms. The first-order valence-corrected chi connectivity index (χ1v) is 9.27. The van der Waals surface area contributed by atoms with Crippen LogP contribution in [0.5, 0.6) is 11.5 Å². The summed E-state index contributed by atoms with van der Waals surface area (Å²) in [6.45, 7) is 4.99. The minimum Gasteiger partial charge on any atom is -0.490 e. The van der Waals surface area contributed by atoms with E-state index in [-0.39, 0.29) is 12.5 Å². The van der Waals surface area contributed by atoms with Crippen LogP contribution in [0.15, 0.2) is 54.1 Å². The summed E-state index contributed by atoms with van der Waals surface area (Å²) < 4.78 is 11.4. The number of rotatable bonds is 8. The Kier molecular flexibility index (Phi) is 6.49. The maximum Gasteiger partial charge on any atom is 0.250 e. The van der Waals surface area contributed by atoms with Crippen molar-refractivity contribution in [1.29, 1.82) is 0 Å². The Morgan fingerprint density at radius 1 is 1.19 bits per heavy atom. The smallest absolute Gasteiger partial charge is 0.250 e. The SMILES string of the molecule is CCOc1cccc2c1OCC(C(=O)NCCN(C)Cc1ccccc1)=C2. The molecule has 0 aliphatic carbocycles. The maximum absolute atomic E-state index is 12.4. The van der Waals surface area contributed by atoms with Gasteiger partial charge in [-0.15, -0.1) is 0 Å². The Bertz CT molecular complexity index is 802. The summed E-state index contributed by atoms with van der Waals surface area (Å²) in [6.07, 6.45) is 1.88. The Labute approximate surface area is 160 Å². The van der Waals surface area contributed by atoms with E-state index in [0.717, 1.165) is 18.7 Å². The Hall–Kier alpha value is -2.79. The van der Waals surface area contributed by atoms with Gasteiger partial charge in [-0.25, -0.2) is 0 Å². The molecule has 1 heterocycles. The van der Waals surface area contributed by atoms with Gasteiger partial charge >= 0.3 is 0 Å². The number of carbonyl (C=O) groups is 1. The van der Waals surface area contributed by atoms with Gasteiger partial charge in [0.15, 0.2) is 11.5 Å². The molecule has 0 unspecified atom stereocenters. The molecule has 2 aromatic rings. The highest BCUT2D eigenvalue weighted by Crippen LogP contribution is 2.35. The molecule has 0 fully saturated rings. The number of nitrogens with one attached hydrogen (secondary N) is 1. The lowest BCUT2D eigenvalue weighted by Crippen LogP contribution is -2.35. The molecule has 142 valence electrons. The zero-order valence-electron chi connectivity index (χ0n) is 15.9. The lowest BCUT2D eigenvalue weighted by atomic mass is 10.1. The normalized spacial score (nSPS) is 12.8. The molecule has 3 rings (SSSR count). The first-order valence-electron chi connectivity index (χ1n) is 9.27. The van der Waals surface area contributed by atoms with Crippen molar-refractivity contribution in [3.63, 3.8) is 0 Å². The molecule has 1 N–H and O–H groups in total. The number of ether oxygens (including phenoxy) is 2. The van der Waals surface area contributed by atoms with Crippen molar-refractivity contribution in [3.8, 4) is 11.5 Å². The molecular weight excluding hydrogens is 340 g/mol. The van der Waals surface area contributed by atoms with Gasteiger partial charge < -0.3 is 19.7 Å². The second-order valence-electron chi connectivity index (χ2n) is 6.55. The summed E-state index contributed by atoms with van der Waals surface area (Å²) >= 11 is 0. The minimum absolute atomic E-state index is 0.0874. The van der Waals surface area contributed by atoms with Gasteiger partial charge in [0, 0.05) is 25.2 Å². The maximum atomic E-state index is 12.4. The van der Waals surface area contributed by atoms with E-state index in [1.54, 1.807) is 0 Å². The van der Waals surface area contributed by atoms with Crippen LogP contribution in [0.3, 0.4) is 0 Å². The lowest BCUT2D eigenvalue weighted by Gasteiger charge is -2.21. The molecular formula is C22H26N2O3. The van der Waals surface area contributed by atoms with E-state index in [1.165, 1.54) is 5.56 Å². The fraction of sp³-hybridized carbons (Fsp3) is 0.318. The van der Waals surface area contributed by atoms with Crippen LogP contribution in [0.4, 0.5) is 0 Å². The van der Waals surface area contributed by atoms with Gasteiger partial charge in [0.05, 0.1) is 12.2 Å². The largest absolute Gasteiger partial charge is 0.490 e. The second kappa shape index (κ2) is 9.24. The first-order chi connectivity index (χ1) is 13.2. The van der Waals surface area contributed by atoms with Crippen LogP contribution in [0.25, 0.3) is 6.08 Å². The lowest BCUT2D eigenvalue weighted by molar-refractivity contribution is -0.117. The molecule has 0 aromatic heterocycles. The molecule has 2 aromatic carbocycles. The van der Waals surface area contributed by atoms with Gasteiger partial charge in [0.1, 0.15) is 6.61 Å². The fourth-order valence-corrected chi connectivity index (χ4v) is 3.03. The highest BCUT2D eigenvalue weighted by molar-refractivity contribution is 5.99. The van der Waals surface area contributed by atoms with Crippen LogP contribution >= 0.6 is 0 Å². The van der Waals surface area contributed by atoms with Crippen LogP contribution in [-0.2, 0) is 11.3 Å². The van der Waals surface area contributed by atoms with Crippen LogP contribution < -0.4 is 14.8 Å². The Morgan fingerprint density at radius 2 is 2.00 bits per heavy atom. The average Bonchev–Trinajstić information content (AvgIpc) is 2.68. The molecule has 5 nitrogen and oxygen atoms in total. The molecule has 5 heteroatoms. The fourth-order valence-electron chi connectivity index (χ4n) is 3.03. The zero-order valence-corrected chi connectivity index (χ0v) is 15.9. The van der Waals surface area contributed by atoms with Crippen molar-refractivity contribution in [2.24, 2.45) is 0 Å². The first kappa shape index (κ1) is 19.0. The van der Waals surface area contributed by atoms with Crippen molar-refractivity contribution < 1.29 is 14.3 Å². The van der Waals surface area contributed by atoms with E-state index in [0.29, 0.717) is 30.2 Å². The third-order valence-corrected chi connectivity index (χ3v) is 4.38. The number of fused-ring (bicyclic) bond motifs is 1. The van der Waals surface area contributed by atoms with Gasteiger partial charge in [0.25, 0.3) is 5.91 Å².